The topological polar surface area (TPSA) is 47.6 Å². The van der Waals surface area contributed by atoms with Crippen LogP contribution < -0.4 is 10.1 Å². The lowest BCUT2D eigenvalue weighted by Gasteiger charge is -2.20. The van der Waals surface area contributed by atoms with E-state index in [1.807, 2.05) is 87.5 Å². The van der Waals surface area contributed by atoms with Crippen molar-refractivity contribution in [3.05, 3.63) is 84.1 Å². The maximum Gasteiger partial charge on any atom is 0.328 e. The van der Waals surface area contributed by atoms with E-state index in [1.165, 1.54) is 7.11 Å². The Morgan fingerprint density at radius 2 is 1.76 bits per heavy atom. The fraction of sp³-hybridized carbons (Fsp3) is 0.292. The molecule has 2 aromatic carbocycles. The van der Waals surface area contributed by atoms with Gasteiger partial charge in [0.1, 0.15) is 11.8 Å². The summed E-state index contributed by atoms with van der Waals surface area (Å²) in [5.41, 5.74) is 1.75. The van der Waals surface area contributed by atoms with Gasteiger partial charge in [-0.15, -0.1) is 11.6 Å². The van der Waals surface area contributed by atoms with E-state index in [1.54, 1.807) is 6.08 Å². The summed E-state index contributed by atoms with van der Waals surface area (Å²) in [6.45, 7) is 5.89. The quantitative estimate of drug-likeness (QED) is 0.236. The zero-order valence-electron chi connectivity index (χ0n) is 17.5. The van der Waals surface area contributed by atoms with Crippen molar-refractivity contribution in [1.29, 1.82) is 0 Å². The first-order chi connectivity index (χ1) is 14.2. The molecule has 0 aromatic heterocycles. The summed E-state index contributed by atoms with van der Waals surface area (Å²) in [6, 6.07) is 16.7. The highest BCUT2D eigenvalue weighted by molar-refractivity contribution is 6.18. The number of hydrogen-bond donors (Lipinski definition) is 1. The van der Waals surface area contributed by atoms with E-state index in [9.17, 15) is 4.79 Å². The van der Waals surface area contributed by atoms with Crippen LogP contribution in [-0.4, -0.2) is 25.0 Å². The summed E-state index contributed by atoms with van der Waals surface area (Å²) < 4.78 is 10.9. The van der Waals surface area contributed by atoms with Crippen LogP contribution in [-0.2, 0) is 16.0 Å². The van der Waals surface area contributed by atoms with E-state index >= 15 is 0 Å². The standard InChI is InChI=1S/C22H24ClNO3.C2H6/c1-3-18(12-9-15-23)27-21-14-8-7-13-19(21)24-20(22(25)26-2)16-17-10-5-4-6-11-17;1-2/h3-14,20,24H,15-16H2,1-2H3;1-2H3/b12-9-,18-3+;/t20-;/m0./s1. The van der Waals surface area contributed by atoms with Crippen LogP contribution in [0.15, 0.2) is 78.6 Å². The molecule has 4 nitrogen and oxygen atoms in total. The number of rotatable bonds is 9. The predicted octanol–water partition coefficient (Wildman–Crippen LogP) is 5.99. The summed E-state index contributed by atoms with van der Waals surface area (Å²) in [4.78, 5) is 12.3. The van der Waals surface area contributed by atoms with Crippen LogP contribution >= 0.6 is 11.6 Å². The molecule has 5 heteroatoms. The molecule has 0 aliphatic heterocycles. The van der Waals surface area contributed by atoms with Crippen LogP contribution in [0.25, 0.3) is 0 Å². The van der Waals surface area contributed by atoms with Crippen molar-refractivity contribution in [2.75, 3.05) is 18.3 Å². The second-order valence-electron chi connectivity index (χ2n) is 5.76. The molecule has 1 N–H and O–H groups in total. The highest BCUT2D eigenvalue weighted by atomic mass is 35.5. The number of para-hydroxylation sites is 2. The fourth-order valence-corrected chi connectivity index (χ4v) is 2.61. The fourth-order valence-electron chi connectivity index (χ4n) is 2.52. The van der Waals surface area contributed by atoms with Crippen molar-refractivity contribution >= 4 is 23.3 Å². The minimum atomic E-state index is -0.533. The summed E-state index contributed by atoms with van der Waals surface area (Å²) in [5, 5.41) is 3.26. The normalized spacial score (nSPS) is 12.0. The zero-order valence-corrected chi connectivity index (χ0v) is 18.3. The number of alkyl halides is 1. The number of halogens is 1. The van der Waals surface area contributed by atoms with E-state index in [-0.39, 0.29) is 5.97 Å². The lowest BCUT2D eigenvalue weighted by molar-refractivity contribution is -0.141. The molecule has 0 unspecified atom stereocenters. The first-order valence-corrected chi connectivity index (χ1v) is 10.2. The number of carbonyl (C=O) groups is 1. The Kier molecular flexibility index (Phi) is 12.0. The maximum atomic E-state index is 12.3. The van der Waals surface area contributed by atoms with Gasteiger partial charge < -0.3 is 14.8 Å². The van der Waals surface area contributed by atoms with Crippen LogP contribution in [0, 0.1) is 0 Å². The van der Waals surface area contributed by atoms with Crippen LogP contribution in [0.4, 0.5) is 5.69 Å². The second kappa shape index (κ2) is 14.3. The molecule has 2 rings (SSSR count). The number of hydrogen-bond acceptors (Lipinski definition) is 4. The third kappa shape index (κ3) is 8.44. The number of allylic oxidation sites excluding steroid dienone is 3. The molecule has 0 saturated heterocycles. The van der Waals surface area contributed by atoms with Crippen LogP contribution in [0.2, 0.25) is 0 Å². The summed E-state index contributed by atoms with van der Waals surface area (Å²) >= 11 is 5.70. The molecular formula is C24H30ClNO3. The lowest BCUT2D eigenvalue weighted by atomic mass is 10.1. The van der Waals surface area contributed by atoms with E-state index in [0.717, 1.165) is 5.56 Å². The molecule has 1 atom stereocenters. The third-order valence-electron chi connectivity index (χ3n) is 3.87. The molecule has 0 bridgehead atoms. The summed E-state index contributed by atoms with van der Waals surface area (Å²) in [7, 11) is 1.39. The van der Waals surface area contributed by atoms with Gasteiger partial charge >= 0.3 is 5.97 Å². The first kappa shape index (κ1) is 24.3. The van der Waals surface area contributed by atoms with Gasteiger partial charge in [0, 0.05) is 12.3 Å². The molecule has 0 aliphatic rings. The van der Waals surface area contributed by atoms with Gasteiger partial charge in [-0.2, -0.15) is 0 Å². The number of anilines is 1. The zero-order chi connectivity index (χ0) is 21.5. The van der Waals surface area contributed by atoms with E-state index in [4.69, 9.17) is 21.1 Å². The minimum Gasteiger partial charge on any atom is -0.467 e. The molecular weight excluding hydrogens is 386 g/mol. The van der Waals surface area contributed by atoms with Crippen LogP contribution in [0.1, 0.15) is 26.3 Å². The highest BCUT2D eigenvalue weighted by Gasteiger charge is 2.21. The average Bonchev–Trinajstić information content (AvgIpc) is 2.78. The van der Waals surface area contributed by atoms with Gasteiger partial charge in [-0.3, -0.25) is 0 Å². The molecule has 29 heavy (non-hydrogen) atoms. The first-order valence-electron chi connectivity index (χ1n) is 9.72. The van der Waals surface area contributed by atoms with Crippen LogP contribution in [0.5, 0.6) is 5.75 Å². The van der Waals surface area contributed by atoms with E-state index in [0.29, 0.717) is 29.5 Å². The number of carbonyl (C=O) groups excluding carboxylic acids is 1. The molecule has 0 amide bonds. The van der Waals surface area contributed by atoms with Gasteiger partial charge in [0.2, 0.25) is 0 Å². The van der Waals surface area contributed by atoms with Gasteiger partial charge in [-0.05, 0) is 36.8 Å². The average molecular weight is 416 g/mol. The van der Waals surface area contributed by atoms with Crippen molar-refractivity contribution in [3.8, 4) is 5.75 Å². The van der Waals surface area contributed by atoms with Crippen molar-refractivity contribution < 1.29 is 14.3 Å². The Morgan fingerprint density at radius 1 is 1.10 bits per heavy atom. The van der Waals surface area contributed by atoms with E-state index in [2.05, 4.69) is 5.32 Å². The molecule has 0 heterocycles. The monoisotopic (exact) mass is 415 g/mol. The Hall–Kier alpha value is -2.72. The minimum absolute atomic E-state index is 0.332. The van der Waals surface area contributed by atoms with Crippen molar-refractivity contribution in [2.45, 2.75) is 33.2 Å². The van der Waals surface area contributed by atoms with Crippen molar-refractivity contribution in [3.63, 3.8) is 0 Å². The molecule has 156 valence electrons. The summed E-state index contributed by atoms with van der Waals surface area (Å²) in [6.07, 6.45) is 5.97. The molecule has 0 radical (unpaired) electrons. The third-order valence-corrected chi connectivity index (χ3v) is 4.05. The Morgan fingerprint density at radius 3 is 2.38 bits per heavy atom. The smallest absolute Gasteiger partial charge is 0.328 e. The number of nitrogens with one attached hydrogen (secondary N) is 1. The van der Waals surface area contributed by atoms with Gasteiger partial charge in [0.05, 0.1) is 12.8 Å². The van der Waals surface area contributed by atoms with E-state index < -0.39 is 6.04 Å². The second-order valence-corrected chi connectivity index (χ2v) is 6.06. The van der Waals surface area contributed by atoms with Gasteiger partial charge in [0.25, 0.3) is 0 Å². The van der Waals surface area contributed by atoms with Crippen molar-refractivity contribution in [1.82, 2.24) is 0 Å². The van der Waals surface area contributed by atoms with Gasteiger partial charge in [-0.1, -0.05) is 62.4 Å². The Labute approximate surface area is 179 Å². The molecule has 0 spiro atoms. The number of benzene rings is 2. The predicted molar refractivity (Wildman–Crippen MR) is 122 cm³/mol. The molecule has 0 fully saturated rings. The molecule has 0 saturated carbocycles. The summed E-state index contributed by atoms with van der Waals surface area (Å²) in [5.74, 6) is 1.36. The largest absolute Gasteiger partial charge is 0.467 e. The Balaban J connectivity index is 0.00000204. The maximum absolute atomic E-state index is 12.3. The van der Waals surface area contributed by atoms with Gasteiger partial charge in [0.15, 0.2) is 5.75 Å². The SMILES string of the molecule is C/C=C(\C=C/CCl)Oc1ccccc1N[C@@H](Cc1ccccc1)C(=O)OC.CC. The van der Waals surface area contributed by atoms with Crippen molar-refractivity contribution in [2.24, 2.45) is 0 Å². The Bertz CT molecular complexity index is 788. The number of methoxy groups -OCH3 is 1. The van der Waals surface area contributed by atoms with Gasteiger partial charge in [-0.25, -0.2) is 4.79 Å². The number of esters is 1. The lowest BCUT2D eigenvalue weighted by Crippen LogP contribution is -2.33. The highest BCUT2D eigenvalue weighted by Crippen LogP contribution is 2.27. The van der Waals surface area contributed by atoms with Crippen LogP contribution in [0.3, 0.4) is 0 Å². The molecule has 2 aromatic rings. The number of ether oxygens (including phenoxy) is 2. The molecule has 0 aliphatic carbocycles.